The fourth-order valence-electron chi connectivity index (χ4n) is 3.61. The lowest BCUT2D eigenvalue weighted by atomic mass is 10.0. The van der Waals surface area contributed by atoms with Crippen LogP contribution < -0.4 is 15.9 Å². The fourth-order valence-corrected chi connectivity index (χ4v) is 3.80. The Bertz CT molecular complexity index is 1320. The van der Waals surface area contributed by atoms with Crippen molar-refractivity contribution in [2.75, 3.05) is 18.2 Å². The molecular formula is C24H24ClN5O4. The van der Waals surface area contributed by atoms with Gasteiger partial charge >= 0.3 is 0 Å². The number of rotatable bonds is 11. The van der Waals surface area contributed by atoms with Gasteiger partial charge in [0.15, 0.2) is 5.78 Å². The molecule has 0 atom stereocenters. The van der Waals surface area contributed by atoms with E-state index in [1.165, 1.54) is 0 Å². The Morgan fingerprint density at radius 2 is 1.82 bits per heavy atom. The number of nitrogens with zero attached hydrogens (tertiary/aromatic N) is 3. The maximum atomic E-state index is 13.3. The van der Waals surface area contributed by atoms with Gasteiger partial charge in [0.2, 0.25) is 17.0 Å². The van der Waals surface area contributed by atoms with E-state index in [9.17, 15) is 9.59 Å². The molecule has 0 unspecified atom stereocenters. The van der Waals surface area contributed by atoms with Crippen LogP contribution in [0, 0.1) is 0 Å². The molecule has 9 nitrogen and oxygen atoms in total. The van der Waals surface area contributed by atoms with E-state index in [-0.39, 0.29) is 39.6 Å². The lowest BCUT2D eigenvalue weighted by Crippen LogP contribution is -2.12. The quantitative estimate of drug-likeness (QED) is 0.183. The number of para-hydroxylation sites is 1. The number of aromatic nitrogens is 4. The van der Waals surface area contributed by atoms with E-state index in [2.05, 4.69) is 20.6 Å². The van der Waals surface area contributed by atoms with Gasteiger partial charge in [0.05, 0.1) is 17.6 Å². The van der Waals surface area contributed by atoms with Crippen LogP contribution in [0.15, 0.2) is 51.7 Å². The average molecular weight is 482 g/mol. The number of H-pyrrole nitrogens is 1. The molecule has 10 heteroatoms. The zero-order chi connectivity index (χ0) is 23.9. The molecule has 2 aromatic carbocycles. The van der Waals surface area contributed by atoms with Gasteiger partial charge < -0.3 is 14.9 Å². The zero-order valence-corrected chi connectivity index (χ0v) is 19.2. The summed E-state index contributed by atoms with van der Waals surface area (Å²) in [5.41, 5.74) is 6.09. The van der Waals surface area contributed by atoms with Crippen molar-refractivity contribution in [2.24, 2.45) is 0 Å². The number of fused-ring (bicyclic) bond motifs is 1. The van der Waals surface area contributed by atoms with Crippen LogP contribution in [0.4, 0.5) is 5.69 Å². The molecule has 0 spiro atoms. The van der Waals surface area contributed by atoms with Crippen molar-refractivity contribution < 1.29 is 13.9 Å². The number of alkyl halides is 1. The van der Waals surface area contributed by atoms with Gasteiger partial charge in [-0.15, -0.1) is 21.8 Å². The summed E-state index contributed by atoms with van der Waals surface area (Å²) in [6, 6.07) is 11.7. The number of ether oxygens (including phenoxy) is 1. The van der Waals surface area contributed by atoms with Crippen molar-refractivity contribution in [3.8, 4) is 17.3 Å². The largest absolute Gasteiger partial charge is 0.494 e. The van der Waals surface area contributed by atoms with Crippen molar-refractivity contribution in [1.82, 2.24) is 20.6 Å². The highest BCUT2D eigenvalue weighted by molar-refractivity contribution is 6.17. The van der Waals surface area contributed by atoms with Crippen molar-refractivity contribution in [3.05, 3.63) is 63.8 Å². The number of tetrazole rings is 1. The summed E-state index contributed by atoms with van der Waals surface area (Å²) in [6.07, 6.45) is 5.38. The number of carbonyl (C=O) groups is 1. The Hall–Kier alpha value is -3.72. The first-order valence-corrected chi connectivity index (χ1v) is 11.6. The first-order chi connectivity index (χ1) is 16.6. The van der Waals surface area contributed by atoms with Crippen LogP contribution >= 0.6 is 11.6 Å². The first-order valence-electron chi connectivity index (χ1n) is 11.0. The molecule has 2 heterocycles. The third-order valence-corrected chi connectivity index (χ3v) is 5.68. The van der Waals surface area contributed by atoms with E-state index in [1.807, 2.05) is 0 Å². The number of ketones is 1. The number of carbonyl (C=O) groups excluding carboxylic acids is 1. The molecule has 34 heavy (non-hydrogen) atoms. The van der Waals surface area contributed by atoms with E-state index in [0.29, 0.717) is 23.8 Å². The number of nitrogens with two attached hydrogens (primary N) is 1. The summed E-state index contributed by atoms with van der Waals surface area (Å²) < 4.78 is 11.6. The third kappa shape index (κ3) is 5.09. The molecule has 0 bridgehead atoms. The first kappa shape index (κ1) is 23.4. The number of nitrogens with one attached hydrogen (secondary N) is 1. The number of unbranched alkanes of at least 4 members (excludes halogenated alkanes) is 4. The Morgan fingerprint density at radius 1 is 1.06 bits per heavy atom. The maximum Gasteiger partial charge on any atom is 0.242 e. The van der Waals surface area contributed by atoms with Gasteiger partial charge in [-0.05, 0) is 54.5 Å². The summed E-state index contributed by atoms with van der Waals surface area (Å²) >= 11 is 5.68. The van der Waals surface area contributed by atoms with E-state index >= 15 is 0 Å². The predicted molar refractivity (Wildman–Crippen MR) is 129 cm³/mol. The van der Waals surface area contributed by atoms with Crippen molar-refractivity contribution in [3.63, 3.8) is 0 Å². The molecule has 0 amide bonds. The van der Waals surface area contributed by atoms with E-state index in [4.69, 9.17) is 26.5 Å². The molecule has 2 aromatic heterocycles. The molecular weight excluding hydrogens is 458 g/mol. The molecule has 176 valence electrons. The molecule has 4 rings (SSSR count). The summed E-state index contributed by atoms with van der Waals surface area (Å²) in [7, 11) is 0. The number of halogens is 1. The molecule has 0 saturated heterocycles. The number of aromatic amines is 1. The summed E-state index contributed by atoms with van der Waals surface area (Å²) in [6.45, 7) is 0.614. The van der Waals surface area contributed by atoms with E-state index in [1.54, 1.807) is 42.5 Å². The van der Waals surface area contributed by atoms with Gasteiger partial charge in [-0.3, -0.25) is 9.59 Å². The SMILES string of the molecule is Nc1c(-c2nn[nH]n2)oc2c(C(=O)c3ccc(OCCCCCCCCl)cc3)cccc2c1=O. The van der Waals surface area contributed by atoms with Crippen molar-refractivity contribution in [1.29, 1.82) is 0 Å². The van der Waals surface area contributed by atoms with Crippen LogP contribution in [-0.2, 0) is 0 Å². The molecule has 0 saturated carbocycles. The van der Waals surface area contributed by atoms with Gasteiger partial charge in [0, 0.05) is 11.4 Å². The third-order valence-electron chi connectivity index (χ3n) is 5.41. The van der Waals surface area contributed by atoms with E-state index < -0.39 is 5.43 Å². The second kappa shape index (κ2) is 10.9. The lowest BCUT2D eigenvalue weighted by Gasteiger charge is -2.09. The highest BCUT2D eigenvalue weighted by Gasteiger charge is 2.21. The highest BCUT2D eigenvalue weighted by atomic mass is 35.5. The van der Waals surface area contributed by atoms with Gasteiger partial charge in [-0.25, -0.2) is 0 Å². The molecule has 0 radical (unpaired) electrons. The lowest BCUT2D eigenvalue weighted by molar-refractivity contribution is 0.103. The predicted octanol–water partition coefficient (Wildman–Crippen LogP) is 4.35. The van der Waals surface area contributed by atoms with Gasteiger partial charge in [-0.2, -0.15) is 5.21 Å². The Kier molecular flexibility index (Phi) is 7.54. The number of hydrogen-bond donors (Lipinski definition) is 2. The van der Waals surface area contributed by atoms with Crippen LogP contribution in [0.2, 0.25) is 0 Å². The van der Waals surface area contributed by atoms with Crippen LogP contribution in [0.5, 0.6) is 5.75 Å². The smallest absolute Gasteiger partial charge is 0.242 e. The van der Waals surface area contributed by atoms with Crippen molar-refractivity contribution >= 4 is 34.0 Å². The molecule has 0 aliphatic carbocycles. The van der Waals surface area contributed by atoms with Crippen LogP contribution in [0.25, 0.3) is 22.6 Å². The minimum absolute atomic E-state index is 0.0271. The fraction of sp³-hybridized carbons (Fsp3) is 0.292. The Labute approximate surface area is 200 Å². The van der Waals surface area contributed by atoms with Crippen LogP contribution in [0.1, 0.15) is 48.0 Å². The van der Waals surface area contributed by atoms with Gasteiger partial charge in [0.1, 0.15) is 17.0 Å². The standard InChI is InChI=1S/C24H24ClN5O4/c25-13-4-2-1-3-5-14-33-16-11-9-15(10-12-16)20(31)17-7-6-8-18-21(32)19(26)23(34-22(17)18)24-27-29-30-28-24/h6-12H,1-5,13-14,26H2,(H,27,28,29,30). The minimum atomic E-state index is -0.470. The number of hydrogen-bond acceptors (Lipinski definition) is 8. The van der Waals surface area contributed by atoms with E-state index in [0.717, 1.165) is 32.1 Å². The van der Waals surface area contributed by atoms with Gasteiger partial charge in [-0.1, -0.05) is 25.3 Å². The van der Waals surface area contributed by atoms with Crippen LogP contribution in [0.3, 0.4) is 0 Å². The maximum absolute atomic E-state index is 13.3. The zero-order valence-electron chi connectivity index (χ0n) is 18.4. The Morgan fingerprint density at radius 3 is 2.56 bits per heavy atom. The topological polar surface area (TPSA) is 137 Å². The second-order valence-electron chi connectivity index (χ2n) is 7.75. The Balaban J connectivity index is 1.52. The molecule has 0 aliphatic heterocycles. The minimum Gasteiger partial charge on any atom is -0.494 e. The van der Waals surface area contributed by atoms with Crippen molar-refractivity contribution in [2.45, 2.75) is 32.1 Å². The highest BCUT2D eigenvalue weighted by Crippen LogP contribution is 2.28. The summed E-state index contributed by atoms with van der Waals surface area (Å²) in [5.74, 6) is 1.08. The summed E-state index contributed by atoms with van der Waals surface area (Å²) in [5, 5.41) is 13.6. The molecule has 0 aliphatic rings. The second-order valence-corrected chi connectivity index (χ2v) is 8.13. The van der Waals surface area contributed by atoms with Crippen LogP contribution in [-0.4, -0.2) is 38.9 Å². The number of benzene rings is 2. The molecule has 0 fully saturated rings. The molecule has 3 N–H and O–H groups in total. The number of anilines is 1. The average Bonchev–Trinajstić information content (AvgIpc) is 3.40. The molecule has 4 aromatic rings. The summed E-state index contributed by atoms with van der Waals surface area (Å²) in [4.78, 5) is 26.1. The van der Waals surface area contributed by atoms with Gasteiger partial charge in [0.25, 0.3) is 0 Å². The number of nitrogen functional groups attached to an aromatic ring is 1. The normalized spacial score (nSPS) is 11.1. The monoisotopic (exact) mass is 481 g/mol.